The van der Waals surface area contributed by atoms with E-state index >= 15 is 0 Å². The Morgan fingerprint density at radius 2 is 1.67 bits per heavy atom. The van der Waals surface area contributed by atoms with Crippen LogP contribution in [0, 0.1) is 12.8 Å². The number of alkyl carbamates (subject to hydrolysis) is 1. The number of methoxy groups -OCH3 is 1. The van der Waals surface area contributed by atoms with Gasteiger partial charge in [0.05, 0.1) is 12.6 Å². The Morgan fingerprint density at radius 3 is 2.27 bits per heavy atom. The average Bonchev–Trinajstić information content (AvgIpc) is 3.33. The highest BCUT2D eigenvalue weighted by Crippen LogP contribution is 2.22. The first kappa shape index (κ1) is 37.0. The highest BCUT2D eigenvalue weighted by molar-refractivity contribution is 5.91. The highest BCUT2D eigenvalue weighted by atomic mass is 16.6. The van der Waals surface area contributed by atoms with Crippen LogP contribution in [-0.2, 0) is 25.7 Å². The fourth-order valence-electron chi connectivity index (χ4n) is 4.72. The number of ether oxygens (including phenoxy) is 3. The van der Waals surface area contributed by atoms with Gasteiger partial charge < -0.3 is 24.4 Å². The summed E-state index contributed by atoms with van der Waals surface area (Å²) in [4.78, 5) is 42.3. The van der Waals surface area contributed by atoms with E-state index in [1.165, 1.54) is 24.0 Å². The molecular weight excluding hydrogens is 570 g/mol. The number of esters is 1. The van der Waals surface area contributed by atoms with Crippen LogP contribution in [-0.4, -0.2) is 59.2 Å². The summed E-state index contributed by atoms with van der Waals surface area (Å²) in [6.45, 7) is 16.5. The van der Waals surface area contributed by atoms with Gasteiger partial charge in [-0.15, -0.1) is 0 Å². The second-order valence-corrected chi connectivity index (χ2v) is 12.4. The van der Waals surface area contributed by atoms with E-state index in [0.717, 1.165) is 22.3 Å². The van der Waals surface area contributed by atoms with E-state index in [1.54, 1.807) is 20.8 Å². The molecule has 0 saturated carbocycles. The third kappa shape index (κ3) is 12.4. The summed E-state index contributed by atoms with van der Waals surface area (Å²) in [6, 6.07) is 18.9. The maximum atomic E-state index is 12.5. The highest BCUT2D eigenvalue weighted by Gasteiger charge is 2.40. The molecule has 1 aromatic heterocycles. The van der Waals surface area contributed by atoms with Gasteiger partial charge in [0.25, 0.3) is 0 Å². The summed E-state index contributed by atoms with van der Waals surface area (Å²) in [5.74, 6) is 0.433. The summed E-state index contributed by atoms with van der Waals surface area (Å²) in [6.07, 6.45) is 1.59. The Hall–Kier alpha value is -4.14. The second-order valence-electron chi connectivity index (χ2n) is 12.4. The maximum Gasteiger partial charge on any atom is 0.408 e. The minimum absolute atomic E-state index is 0.241. The standard InChI is InChI=1S/C17H15NO.C16H28N2O5.C3H8/c1-13-11-14(12-19-15-7-3-2-4-8-15)16-9-5-6-10-17(16)18-13;1-10(2)9-12(14(20)22-6)18-8-7-11(13(18)19)17-15(21)23-16(3,4)5;1-3-2/h2-11H,12H2,1H3;10-12H,7-9H2,1-6H3,(H,17,21);3H2,1-2H3. The minimum atomic E-state index is -0.663. The zero-order valence-corrected chi connectivity index (χ0v) is 28.4. The van der Waals surface area contributed by atoms with Gasteiger partial charge in [0.15, 0.2) is 0 Å². The predicted molar refractivity (Wildman–Crippen MR) is 178 cm³/mol. The van der Waals surface area contributed by atoms with Gasteiger partial charge in [0.1, 0.15) is 30.0 Å². The van der Waals surface area contributed by atoms with Crippen LogP contribution in [0.5, 0.6) is 5.75 Å². The zero-order valence-electron chi connectivity index (χ0n) is 28.4. The molecule has 3 aromatic rings. The average molecular weight is 622 g/mol. The maximum absolute atomic E-state index is 12.5. The first-order valence-corrected chi connectivity index (χ1v) is 15.7. The van der Waals surface area contributed by atoms with Crippen molar-refractivity contribution in [1.82, 2.24) is 15.2 Å². The second kappa shape index (κ2) is 18.0. The van der Waals surface area contributed by atoms with Crippen LogP contribution < -0.4 is 10.1 Å². The Labute approximate surface area is 268 Å². The first-order valence-electron chi connectivity index (χ1n) is 15.7. The molecule has 2 unspecified atom stereocenters. The number of carbonyl (C=O) groups excluding carboxylic acids is 3. The number of nitrogens with one attached hydrogen (secondary N) is 1. The lowest BCUT2D eigenvalue weighted by molar-refractivity contribution is -0.152. The molecule has 4 rings (SSSR count). The predicted octanol–water partition coefficient (Wildman–Crippen LogP) is 7.24. The molecule has 0 spiro atoms. The summed E-state index contributed by atoms with van der Waals surface area (Å²) in [5.41, 5.74) is 2.59. The molecule has 9 heteroatoms. The molecule has 1 aliphatic heterocycles. The van der Waals surface area contributed by atoms with E-state index in [0.29, 0.717) is 26.0 Å². The van der Waals surface area contributed by atoms with E-state index in [4.69, 9.17) is 14.2 Å². The quantitative estimate of drug-likeness (QED) is 0.264. The van der Waals surface area contributed by atoms with Crippen LogP contribution in [0.3, 0.4) is 0 Å². The molecule has 1 N–H and O–H groups in total. The van der Waals surface area contributed by atoms with Crippen LogP contribution in [0.15, 0.2) is 60.7 Å². The van der Waals surface area contributed by atoms with Crippen LogP contribution >= 0.6 is 0 Å². The molecule has 45 heavy (non-hydrogen) atoms. The molecule has 0 bridgehead atoms. The summed E-state index contributed by atoms with van der Waals surface area (Å²) in [5, 5.41) is 3.73. The van der Waals surface area contributed by atoms with Crippen LogP contribution in [0.4, 0.5) is 4.79 Å². The van der Waals surface area contributed by atoms with Crippen molar-refractivity contribution >= 4 is 28.9 Å². The normalized spacial score (nSPS) is 14.9. The molecule has 2 atom stereocenters. The van der Waals surface area contributed by atoms with Crippen LogP contribution in [0.1, 0.15) is 79.0 Å². The summed E-state index contributed by atoms with van der Waals surface area (Å²) >= 11 is 0. The third-order valence-corrected chi connectivity index (χ3v) is 6.54. The first-order chi connectivity index (χ1) is 21.3. The van der Waals surface area contributed by atoms with Gasteiger partial charge in [0, 0.05) is 23.2 Å². The van der Waals surface area contributed by atoms with Crippen molar-refractivity contribution in [2.75, 3.05) is 13.7 Å². The fourth-order valence-corrected chi connectivity index (χ4v) is 4.72. The van der Waals surface area contributed by atoms with E-state index in [-0.39, 0.29) is 11.8 Å². The van der Waals surface area contributed by atoms with Gasteiger partial charge in [-0.25, -0.2) is 9.59 Å². The molecular formula is C36H51N3O6. The number of amides is 2. The van der Waals surface area contributed by atoms with Crippen molar-refractivity contribution in [2.45, 2.75) is 98.9 Å². The Bertz CT molecular complexity index is 1370. The van der Waals surface area contributed by atoms with E-state index < -0.39 is 29.7 Å². The number of aromatic nitrogens is 1. The van der Waals surface area contributed by atoms with Gasteiger partial charge in [-0.2, -0.15) is 0 Å². The van der Waals surface area contributed by atoms with E-state index in [1.807, 2.05) is 69.3 Å². The van der Waals surface area contributed by atoms with Gasteiger partial charge in [0.2, 0.25) is 5.91 Å². The molecule has 2 aromatic carbocycles. The summed E-state index contributed by atoms with van der Waals surface area (Å²) in [7, 11) is 1.31. The Kier molecular flexibility index (Phi) is 14.8. The SMILES string of the molecule is CCC.COC(=O)C(CC(C)C)N1CCC(NC(=O)OC(C)(C)C)C1=O.Cc1cc(COc2ccccc2)c2ccccc2n1. The lowest BCUT2D eigenvalue weighted by Gasteiger charge is -2.27. The van der Waals surface area contributed by atoms with Crippen LogP contribution in [0.2, 0.25) is 0 Å². The van der Waals surface area contributed by atoms with Gasteiger partial charge in [-0.3, -0.25) is 9.78 Å². The van der Waals surface area contributed by atoms with Crippen molar-refractivity contribution in [1.29, 1.82) is 0 Å². The molecule has 246 valence electrons. The molecule has 9 nitrogen and oxygen atoms in total. The minimum Gasteiger partial charge on any atom is -0.489 e. The van der Waals surface area contributed by atoms with E-state index in [2.05, 4.69) is 36.3 Å². The van der Waals surface area contributed by atoms with E-state index in [9.17, 15) is 14.4 Å². The molecule has 1 fully saturated rings. The number of pyridine rings is 1. The number of para-hydroxylation sites is 2. The molecule has 0 aliphatic carbocycles. The molecule has 1 aliphatic rings. The van der Waals surface area contributed by atoms with Crippen molar-refractivity contribution < 1.29 is 28.6 Å². The number of rotatable bonds is 8. The number of hydrogen-bond acceptors (Lipinski definition) is 7. The molecule has 1 saturated heterocycles. The molecule has 2 amide bonds. The topological polar surface area (TPSA) is 107 Å². The number of likely N-dealkylation sites (tertiary alicyclic amines) is 1. The van der Waals surface area contributed by atoms with Crippen molar-refractivity contribution in [3.05, 3.63) is 71.9 Å². The van der Waals surface area contributed by atoms with Crippen molar-refractivity contribution in [3.8, 4) is 5.75 Å². The number of nitrogens with zero attached hydrogens (tertiary/aromatic N) is 2. The van der Waals surface area contributed by atoms with Crippen molar-refractivity contribution in [3.63, 3.8) is 0 Å². The monoisotopic (exact) mass is 621 g/mol. The summed E-state index contributed by atoms with van der Waals surface area (Å²) < 4.78 is 15.8. The third-order valence-electron chi connectivity index (χ3n) is 6.54. The zero-order chi connectivity index (χ0) is 33.6. The lowest BCUT2D eigenvalue weighted by Crippen LogP contribution is -2.48. The Morgan fingerprint density at radius 1 is 1.04 bits per heavy atom. The van der Waals surface area contributed by atoms with Crippen molar-refractivity contribution in [2.24, 2.45) is 5.92 Å². The van der Waals surface area contributed by atoms with Crippen LogP contribution in [0.25, 0.3) is 10.9 Å². The number of benzene rings is 2. The largest absolute Gasteiger partial charge is 0.489 e. The van der Waals surface area contributed by atoms with Gasteiger partial charge in [-0.1, -0.05) is 70.5 Å². The number of hydrogen-bond donors (Lipinski definition) is 1. The molecule has 0 radical (unpaired) electrons. The number of fused-ring (bicyclic) bond motifs is 1. The Balaban J connectivity index is 0.000000291. The fraction of sp³-hybridized carbons (Fsp3) is 0.500. The smallest absolute Gasteiger partial charge is 0.408 e. The van der Waals surface area contributed by atoms with Gasteiger partial charge in [-0.05, 0) is 70.7 Å². The number of carbonyl (C=O) groups is 3. The molecule has 2 heterocycles. The lowest BCUT2D eigenvalue weighted by atomic mass is 10.0. The number of aryl methyl sites for hydroxylation is 1. The van der Waals surface area contributed by atoms with Gasteiger partial charge >= 0.3 is 12.1 Å².